The molecule has 19 heavy (non-hydrogen) atoms. The first-order valence-electron chi connectivity index (χ1n) is 6.20. The molecule has 1 heterocycles. The Kier molecular flexibility index (Phi) is 3.43. The van der Waals surface area contributed by atoms with E-state index < -0.39 is 5.41 Å². The van der Waals surface area contributed by atoms with E-state index in [1.807, 2.05) is 20.8 Å². The summed E-state index contributed by atoms with van der Waals surface area (Å²) < 4.78 is 0.655. The smallest absolute Gasteiger partial charge is 0.240 e. The molecule has 1 aliphatic rings. The van der Waals surface area contributed by atoms with Gasteiger partial charge in [-0.05, 0) is 47.0 Å². The Morgan fingerprint density at radius 1 is 1.37 bits per heavy atom. The zero-order chi connectivity index (χ0) is 14.4. The summed E-state index contributed by atoms with van der Waals surface area (Å²) in [5.74, 6) is -0.189. The number of hydrogen-bond donors (Lipinski definition) is 1. The van der Waals surface area contributed by atoms with Gasteiger partial charge in [-0.1, -0.05) is 13.8 Å². The molecule has 0 spiro atoms. The highest BCUT2D eigenvalue weighted by molar-refractivity contribution is 9.10. The molecule has 2 amide bonds. The van der Waals surface area contributed by atoms with E-state index in [2.05, 4.69) is 15.9 Å². The molecule has 1 aliphatic heterocycles. The van der Waals surface area contributed by atoms with Crippen molar-refractivity contribution in [1.29, 1.82) is 0 Å². The van der Waals surface area contributed by atoms with E-state index in [1.54, 1.807) is 18.2 Å². The van der Waals surface area contributed by atoms with Gasteiger partial charge in [0.15, 0.2) is 0 Å². The monoisotopic (exact) mass is 324 g/mol. The molecule has 0 bridgehead atoms. The SMILES string of the molecule is CC(C)C1(C)CC(=O)N(c2ccc(N)cc2Br)C1=O. The van der Waals surface area contributed by atoms with Crippen LogP contribution in [0.5, 0.6) is 0 Å². The Hall–Kier alpha value is -1.36. The minimum Gasteiger partial charge on any atom is -0.399 e. The number of anilines is 2. The van der Waals surface area contributed by atoms with Gasteiger partial charge < -0.3 is 5.73 Å². The van der Waals surface area contributed by atoms with Crippen molar-refractivity contribution >= 4 is 39.1 Å². The second-order valence-corrected chi connectivity index (χ2v) is 6.35. The molecule has 1 aromatic carbocycles. The molecular weight excluding hydrogens is 308 g/mol. The van der Waals surface area contributed by atoms with Gasteiger partial charge in [-0.15, -0.1) is 0 Å². The van der Waals surface area contributed by atoms with Gasteiger partial charge in [0.25, 0.3) is 0 Å². The molecule has 1 atom stereocenters. The first kappa shape index (κ1) is 14.1. The number of hydrogen-bond acceptors (Lipinski definition) is 3. The van der Waals surface area contributed by atoms with Gasteiger partial charge in [0, 0.05) is 16.6 Å². The van der Waals surface area contributed by atoms with E-state index in [9.17, 15) is 9.59 Å². The summed E-state index contributed by atoms with van der Waals surface area (Å²) in [4.78, 5) is 26.0. The zero-order valence-electron chi connectivity index (χ0n) is 11.2. The Balaban J connectivity index is 2.46. The predicted molar refractivity (Wildman–Crippen MR) is 78.6 cm³/mol. The number of nitrogens with two attached hydrogens (primary N) is 1. The maximum Gasteiger partial charge on any atom is 0.240 e. The third-order valence-corrected chi connectivity index (χ3v) is 4.58. The average Bonchev–Trinajstić information content (AvgIpc) is 2.53. The number of nitrogens with zero attached hydrogens (tertiary/aromatic N) is 1. The van der Waals surface area contributed by atoms with Crippen molar-refractivity contribution in [3.05, 3.63) is 22.7 Å². The standard InChI is InChI=1S/C14H17BrN2O2/c1-8(2)14(3)7-12(18)17(13(14)19)11-5-4-9(16)6-10(11)15/h4-6,8H,7,16H2,1-3H3. The average molecular weight is 325 g/mol. The van der Waals surface area contributed by atoms with E-state index >= 15 is 0 Å². The van der Waals surface area contributed by atoms with Gasteiger partial charge in [0.1, 0.15) is 0 Å². The maximum absolute atomic E-state index is 12.6. The van der Waals surface area contributed by atoms with Crippen LogP contribution < -0.4 is 10.6 Å². The topological polar surface area (TPSA) is 63.4 Å². The first-order chi connectivity index (χ1) is 8.77. The molecule has 1 aromatic rings. The zero-order valence-corrected chi connectivity index (χ0v) is 12.8. The summed E-state index contributed by atoms with van der Waals surface area (Å²) >= 11 is 3.36. The highest BCUT2D eigenvalue weighted by atomic mass is 79.9. The van der Waals surface area contributed by atoms with Gasteiger partial charge in [0.05, 0.1) is 11.1 Å². The molecule has 0 aliphatic carbocycles. The number of nitrogen functional groups attached to an aromatic ring is 1. The van der Waals surface area contributed by atoms with E-state index in [4.69, 9.17) is 5.73 Å². The summed E-state index contributed by atoms with van der Waals surface area (Å²) in [5, 5.41) is 0. The van der Waals surface area contributed by atoms with Crippen molar-refractivity contribution in [2.75, 3.05) is 10.6 Å². The van der Waals surface area contributed by atoms with Crippen LogP contribution in [-0.4, -0.2) is 11.8 Å². The summed E-state index contributed by atoms with van der Waals surface area (Å²) in [6.45, 7) is 5.78. The third kappa shape index (κ3) is 2.16. The van der Waals surface area contributed by atoms with Crippen LogP contribution in [0.4, 0.5) is 11.4 Å². The van der Waals surface area contributed by atoms with E-state index in [1.165, 1.54) is 4.90 Å². The van der Waals surface area contributed by atoms with E-state index in [-0.39, 0.29) is 24.2 Å². The Morgan fingerprint density at radius 2 is 2.00 bits per heavy atom. The van der Waals surface area contributed by atoms with Gasteiger partial charge in [-0.25, -0.2) is 4.90 Å². The fraction of sp³-hybridized carbons (Fsp3) is 0.429. The van der Waals surface area contributed by atoms with Crippen LogP contribution >= 0.6 is 15.9 Å². The number of benzene rings is 1. The molecule has 0 aromatic heterocycles. The van der Waals surface area contributed by atoms with Crippen LogP contribution in [0, 0.1) is 11.3 Å². The van der Waals surface area contributed by atoms with Gasteiger partial charge in [0.2, 0.25) is 11.8 Å². The van der Waals surface area contributed by atoms with Crippen LogP contribution in [0.25, 0.3) is 0 Å². The summed E-state index contributed by atoms with van der Waals surface area (Å²) in [7, 11) is 0. The lowest BCUT2D eigenvalue weighted by atomic mass is 9.78. The molecule has 1 saturated heterocycles. The van der Waals surface area contributed by atoms with Crippen molar-refractivity contribution in [2.45, 2.75) is 27.2 Å². The Morgan fingerprint density at radius 3 is 2.47 bits per heavy atom. The lowest BCUT2D eigenvalue weighted by Crippen LogP contribution is -2.37. The van der Waals surface area contributed by atoms with Gasteiger partial charge in [-0.3, -0.25) is 9.59 Å². The molecule has 4 nitrogen and oxygen atoms in total. The number of carbonyl (C=O) groups excluding carboxylic acids is 2. The van der Waals surface area contributed by atoms with Gasteiger partial charge >= 0.3 is 0 Å². The second kappa shape index (κ2) is 4.63. The summed E-state index contributed by atoms with van der Waals surface area (Å²) in [6.07, 6.45) is 0.250. The minimum atomic E-state index is -0.627. The van der Waals surface area contributed by atoms with Crippen LogP contribution in [0.2, 0.25) is 0 Å². The fourth-order valence-electron chi connectivity index (χ4n) is 2.24. The number of imide groups is 1. The molecule has 0 saturated carbocycles. The van der Waals surface area contributed by atoms with Gasteiger partial charge in [-0.2, -0.15) is 0 Å². The van der Waals surface area contributed by atoms with Crippen molar-refractivity contribution < 1.29 is 9.59 Å². The number of rotatable bonds is 2. The summed E-state index contributed by atoms with van der Waals surface area (Å²) in [5.41, 5.74) is 6.20. The largest absolute Gasteiger partial charge is 0.399 e. The predicted octanol–water partition coefficient (Wildman–Crippen LogP) is 2.96. The molecule has 1 unspecified atom stereocenters. The normalized spacial score (nSPS) is 23.5. The lowest BCUT2D eigenvalue weighted by molar-refractivity contribution is -0.126. The minimum absolute atomic E-state index is 0.113. The van der Waals surface area contributed by atoms with Crippen LogP contribution in [0.15, 0.2) is 22.7 Å². The second-order valence-electron chi connectivity index (χ2n) is 5.49. The van der Waals surface area contributed by atoms with Crippen LogP contribution in [0.3, 0.4) is 0 Å². The number of amides is 2. The lowest BCUT2D eigenvalue weighted by Gasteiger charge is -2.26. The summed E-state index contributed by atoms with van der Waals surface area (Å²) in [6, 6.07) is 5.08. The maximum atomic E-state index is 12.6. The highest BCUT2D eigenvalue weighted by Gasteiger charge is 2.50. The molecule has 2 N–H and O–H groups in total. The van der Waals surface area contributed by atoms with Crippen molar-refractivity contribution in [3.63, 3.8) is 0 Å². The van der Waals surface area contributed by atoms with E-state index in [0.717, 1.165) is 0 Å². The van der Waals surface area contributed by atoms with Crippen molar-refractivity contribution in [2.24, 2.45) is 11.3 Å². The number of halogens is 1. The molecule has 2 rings (SSSR count). The van der Waals surface area contributed by atoms with Crippen molar-refractivity contribution in [1.82, 2.24) is 0 Å². The third-order valence-electron chi connectivity index (χ3n) is 3.95. The van der Waals surface area contributed by atoms with Crippen molar-refractivity contribution in [3.8, 4) is 0 Å². The molecule has 1 fully saturated rings. The molecule has 0 radical (unpaired) electrons. The number of carbonyl (C=O) groups is 2. The molecular formula is C14H17BrN2O2. The molecule has 5 heteroatoms. The van der Waals surface area contributed by atoms with Crippen LogP contribution in [-0.2, 0) is 9.59 Å². The molecule has 102 valence electrons. The van der Waals surface area contributed by atoms with Crippen LogP contribution in [0.1, 0.15) is 27.2 Å². The Bertz CT molecular complexity index is 556. The Labute approximate surface area is 121 Å². The highest BCUT2D eigenvalue weighted by Crippen LogP contribution is 2.43. The van der Waals surface area contributed by atoms with E-state index in [0.29, 0.717) is 15.8 Å². The fourth-order valence-corrected chi connectivity index (χ4v) is 2.81. The first-order valence-corrected chi connectivity index (χ1v) is 6.99. The quantitative estimate of drug-likeness (QED) is 0.672.